The minimum absolute atomic E-state index is 0.253. The van der Waals surface area contributed by atoms with E-state index in [1.165, 1.54) is 0 Å². The van der Waals surface area contributed by atoms with Crippen LogP contribution in [0.3, 0.4) is 0 Å². The molecular weight excluding hydrogens is 402 g/mol. The van der Waals surface area contributed by atoms with Gasteiger partial charge in [0.25, 0.3) is 0 Å². The summed E-state index contributed by atoms with van der Waals surface area (Å²) in [4.78, 5) is 6.31. The van der Waals surface area contributed by atoms with Crippen LogP contribution in [0.15, 0.2) is 42.7 Å². The SMILES string of the molecule is COc1cc(CNCCOc2cccnc2)ccc1OC[C@H](O)CN1CCSCC1. The van der Waals surface area contributed by atoms with E-state index in [9.17, 15) is 5.11 Å². The Balaban J connectivity index is 1.39. The molecule has 3 rings (SSSR count). The van der Waals surface area contributed by atoms with E-state index in [2.05, 4.69) is 15.2 Å². The van der Waals surface area contributed by atoms with Gasteiger partial charge in [-0.1, -0.05) is 6.07 Å². The monoisotopic (exact) mass is 433 g/mol. The number of rotatable bonds is 12. The number of ether oxygens (including phenoxy) is 3. The second-order valence-corrected chi connectivity index (χ2v) is 8.30. The van der Waals surface area contributed by atoms with Crippen LogP contribution in [0.5, 0.6) is 17.2 Å². The third kappa shape index (κ3) is 7.68. The first kappa shape index (κ1) is 22.7. The molecule has 0 spiro atoms. The minimum atomic E-state index is -0.515. The van der Waals surface area contributed by atoms with E-state index >= 15 is 0 Å². The van der Waals surface area contributed by atoms with Crippen LogP contribution in [0.4, 0.5) is 0 Å². The van der Waals surface area contributed by atoms with Crippen molar-refractivity contribution in [3.05, 3.63) is 48.3 Å². The summed E-state index contributed by atoms with van der Waals surface area (Å²) >= 11 is 1.96. The van der Waals surface area contributed by atoms with E-state index in [1.807, 2.05) is 42.1 Å². The van der Waals surface area contributed by atoms with Crippen molar-refractivity contribution in [2.75, 3.05) is 58.0 Å². The predicted molar refractivity (Wildman–Crippen MR) is 120 cm³/mol. The van der Waals surface area contributed by atoms with Gasteiger partial charge in [-0.05, 0) is 29.8 Å². The molecule has 1 aliphatic rings. The van der Waals surface area contributed by atoms with Crippen molar-refractivity contribution >= 4 is 11.8 Å². The molecular formula is C22H31N3O4S. The molecule has 1 fully saturated rings. The zero-order chi connectivity index (χ0) is 21.0. The number of hydrogen-bond acceptors (Lipinski definition) is 8. The summed E-state index contributed by atoms with van der Waals surface area (Å²) in [7, 11) is 1.63. The van der Waals surface area contributed by atoms with Crippen molar-refractivity contribution in [2.45, 2.75) is 12.6 Å². The van der Waals surface area contributed by atoms with Crippen LogP contribution in [0, 0.1) is 0 Å². The third-order valence-electron chi connectivity index (χ3n) is 4.74. The molecule has 0 radical (unpaired) electrons. The van der Waals surface area contributed by atoms with E-state index in [1.54, 1.807) is 19.5 Å². The third-order valence-corrected chi connectivity index (χ3v) is 5.69. The lowest BCUT2D eigenvalue weighted by molar-refractivity contribution is 0.0705. The fraction of sp³-hybridized carbons (Fsp3) is 0.500. The first-order valence-electron chi connectivity index (χ1n) is 10.3. The number of methoxy groups -OCH3 is 1. The van der Waals surface area contributed by atoms with Crippen LogP contribution >= 0.6 is 11.8 Å². The Morgan fingerprint density at radius 2 is 2.07 bits per heavy atom. The first-order chi connectivity index (χ1) is 14.7. The number of aliphatic hydroxyl groups excluding tert-OH is 1. The number of nitrogens with one attached hydrogen (secondary N) is 1. The Labute approximate surface area is 182 Å². The molecule has 1 aromatic heterocycles. The van der Waals surface area contributed by atoms with Crippen LogP contribution < -0.4 is 19.5 Å². The van der Waals surface area contributed by atoms with E-state index in [0.29, 0.717) is 31.2 Å². The minimum Gasteiger partial charge on any atom is -0.493 e. The van der Waals surface area contributed by atoms with Gasteiger partial charge in [-0.25, -0.2) is 0 Å². The summed E-state index contributed by atoms with van der Waals surface area (Å²) in [6, 6.07) is 9.59. The van der Waals surface area contributed by atoms with Gasteiger partial charge in [-0.2, -0.15) is 11.8 Å². The number of aromatic nitrogens is 1. The summed E-state index contributed by atoms with van der Waals surface area (Å²) in [5.41, 5.74) is 1.09. The fourth-order valence-electron chi connectivity index (χ4n) is 3.17. The van der Waals surface area contributed by atoms with E-state index < -0.39 is 6.10 Å². The standard InChI is InChI=1S/C22H31N3O4S/c1-27-22-13-18(14-24-7-10-28-20-3-2-6-23-15-20)4-5-21(22)29-17-19(26)16-25-8-11-30-12-9-25/h2-6,13,15,19,24,26H,7-12,14,16-17H2,1H3/t19-/m1/s1. The number of nitrogens with zero attached hydrogens (tertiary/aromatic N) is 2. The lowest BCUT2D eigenvalue weighted by Crippen LogP contribution is -2.40. The number of thioether (sulfide) groups is 1. The molecule has 0 amide bonds. The van der Waals surface area contributed by atoms with E-state index in [-0.39, 0.29) is 6.61 Å². The molecule has 0 aliphatic carbocycles. The highest BCUT2D eigenvalue weighted by atomic mass is 32.2. The van der Waals surface area contributed by atoms with Crippen molar-refractivity contribution in [2.24, 2.45) is 0 Å². The summed E-state index contributed by atoms with van der Waals surface area (Å²) < 4.78 is 16.9. The average Bonchev–Trinajstić information content (AvgIpc) is 2.79. The molecule has 0 saturated carbocycles. The molecule has 30 heavy (non-hydrogen) atoms. The molecule has 1 atom stereocenters. The van der Waals surface area contributed by atoms with Gasteiger partial charge in [-0.15, -0.1) is 0 Å². The molecule has 7 nitrogen and oxygen atoms in total. The van der Waals surface area contributed by atoms with E-state index in [4.69, 9.17) is 14.2 Å². The van der Waals surface area contributed by atoms with Gasteiger partial charge in [0.05, 0.1) is 13.3 Å². The van der Waals surface area contributed by atoms with Gasteiger partial charge >= 0.3 is 0 Å². The summed E-state index contributed by atoms with van der Waals surface area (Å²) in [6.07, 6.45) is 2.91. The van der Waals surface area contributed by atoms with E-state index in [0.717, 1.165) is 42.5 Å². The quantitative estimate of drug-likeness (QED) is 0.493. The topological polar surface area (TPSA) is 76.1 Å². The fourth-order valence-corrected chi connectivity index (χ4v) is 4.15. The Morgan fingerprint density at radius 1 is 1.20 bits per heavy atom. The molecule has 2 N–H and O–H groups in total. The van der Waals surface area contributed by atoms with Gasteiger partial charge in [-0.3, -0.25) is 9.88 Å². The predicted octanol–water partition coefficient (Wildman–Crippen LogP) is 2.05. The highest BCUT2D eigenvalue weighted by molar-refractivity contribution is 7.99. The van der Waals surface area contributed by atoms with Crippen LogP contribution in [0.1, 0.15) is 5.56 Å². The molecule has 1 saturated heterocycles. The number of β-amino-alcohol motifs (C(OH)–C–C–N with tert-alkyl or cyclic N) is 1. The molecule has 2 heterocycles. The van der Waals surface area contributed by atoms with Gasteiger partial charge < -0.3 is 24.6 Å². The second kappa shape index (κ2) is 12.6. The average molecular weight is 434 g/mol. The molecule has 1 aromatic carbocycles. The van der Waals surface area contributed by atoms with Crippen LogP contribution in [-0.2, 0) is 6.54 Å². The summed E-state index contributed by atoms with van der Waals surface area (Å²) in [6.45, 7) is 4.94. The van der Waals surface area contributed by atoms with Crippen LogP contribution in [-0.4, -0.2) is 79.1 Å². The molecule has 0 bridgehead atoms. The first-order valence-corrected chi connectivity index (χ1v) is 11.4. The second-order valence-electron chi connectivity index (χ2n) is 7.08. The summed E-state index contributed by atoms with van der Waals surface area (Å²) in [5.74, 6) is 4.35. The Hall–Kier alpha value is -2.00. The lowest BCUT2D eigenvalue weighted by atomic mass is 10.2. The Bertz CT molecular complexity index is 744. The highest BCUT2D eigenvalue weighted by Crippen LogP contribution is 2.28. The zero-order valence-electron chi connectivity index (χ0n) is 17.5. The lowest BCUT2D eigenvalue weighted by Gasteiger charge is -2.28. The molecule has 164 valence electrons. The maximum absolute atomic E-state index is 10.3. The van der Waals surface area contributed by atoms with Crippen LogP contribution in [0.25, 0.3) is 0 Å². The normalized spacial score (nSPS) is 15.5. The van der Waals surface area contributed by atoms with Gasteiger partial charge in [0.15, 0.2) is 11.5 Å². The Kier molecular flexibility index (Phi) is 9.56. The summed E-state index contributed by atoms with van der Waals surface area (Å²) in [5, 5.41) is 13.6. The number of benzene rings is 1. The maximum Gasteiger partial charge on any atom is 0.161 e. The van der Waals surface area contributed by atoms with Gasteiger partial charge in [0, 0.05) is 50.4 Å². The highest BCUT2D eigenvalue weighted by Gasteiger charge is 2.16. The van der Waals surface area contributed by atoms with Gasteiger partial charge in [0.2, 0.25) is 0 Å². The molecule has 1 aliphatic heterocycles. The van der Waals surface area contributed by atoms with Gasteiger partial charge in [0.1, 0.15) is 25.1 Å². The molecule has 2 aromatic rings. The zero-order valence-corrected chi connectivity index (χ0v) is 18.3. The number of aliphatic hydroxyl groups is 1. The Morgan fingerprint density at radius 3 is 2.83 bits per heavy atom. The smallest absolute Gasteiger partial charge is 0.161 e. The molecule has 0 unspecified atom stereocenters. The van der Waals surface area contributed by atoms with Crippen molar-refractivity contribution in [1.29, 1.82) is 0 Å². The van der Waals surface area contributed by atoms with Crippen molar-refractivity contribution in [3.63, 3.8) is 0 Å². The van der Waals surface area contributed by atoms with Crippen molar-refractivity contribution in [3.8, 4) is 17.2 Å². The number of pyridine rings is 1. The maximum atomic E-state index is 10.3. The van der Waals surface area contributed by atoms with Crippen molar-refractivity contribution < 1.29 is 19.3 Å². The number of hydrogen-bond donors (Lipinski definition) is 2. The van der Waals surface area contributed by atoms with Crippen LogP contribution in [0.2, 0.25) is 0 Å². The van der Waals surface area contributed by atoms with Crippen molar-refractivity contribution in [1.82, 2.24) is 15.2 Å². The largest absolute Gasteiger partial charge is 0.493 e. The molecule has 8 heteroatoms.